The van der Waals surface area contributed by atoms with Gasteiger partial charge in [-0.05, 0) is 17.7 Å². The molecule has 1 saturated heterocycles. The molecule has 3 heterocycles. The van der Waals surface area contributed by atoms with E-state index in [2.05, 4.69) is 9.98 Å². The van der Waals surface area contributed by atoms with Crippen LogP contribution in [0.25, 0.3) is 5.57 Å². The molecular weight excluding hydrogens is 425 g/mol. The van der Waals surface area contributed by atoms with Crippen molar-refractivity contribution in [2.24, 2.45) is 9.98 Å². The number of aliphatic imine (C=N–C) groups is 2. The van der Waals surface area contributed by atoms with Crippen molar-refractivity contribution in [1.29, 1.82) is 0 Å². The van der Waals surface area contributed by atoms with Crippen molar-refractivity contribution in [2.45, 2.75) is 0 Å². The summed E-state index contributed by atoms with van der Waals surface area (Å²) < 4.78 is 14.0. The Hall–Kier alpha value is -4.14. The molecule has 0 aliphatic carbocycles. The monoisotopic (exact) mass is 445 g/mol. The average molecular weight is 445 g/mol. The van der Waals surface area contributed by atoms with Crippen molar-refractivity contribution < 1.29 is 18.8 Å². The molecule has 0 aromatic heterocycles. The van der Waals surface area contributed by atoms with Crippen LogP contribution in [0.2, 0.25) is 0 Å². The predicted molar refractivity (Wildman–Crippen MR) is 122 cm³/mol. The Kier molecular flexibility index (Phi) is 5.29. The van der Waals surface area contributed by atoms with Crippen LogP contribution in [0.5, 0.6) is 0 Å². The lowest BCUT2D eigenvalue weighted by molar-refractivity contribution is -0.135. The van der Waals surface area contributed by atoms with E-state index in [1.807, 2.05) is 35.2 Å². The second-order valence-electron chi connectivity index (χ2n) is 7.84. The lowest BCUT2D eigenvalue weighted by Crippen LogP contribution is -2.54. The second-order valence-corrected chi connectivity index (χ2v) is 7.84. The van der Waals surface area contributed by atoms with E-state index in [4.69, 9.17) is 0 Å². The third kappa shape index (κ3) is 3.82. The minimum atomic E-state index is -0.781. The molecule has 0 N–H and O–H groups in total. The zero-order valence-electron chi connectivity index (χ0n) is 17.6. The smallest absolute Gasteiger partial charge is 0.351 e. The molecule has 5 rings (SSSR count). The summed E-state index contributed by atoms with van der Waals surface area (Å²) in [5, 5.41) is 0. The van der Waals surface area contributed by atoms with Gasteiger partial charge >= 0.3 is 6.03 Å². The van der Waals surface area contributed by atoms with Crippen LogP contribution in [0.15, 0.2) is 70.8 Å². The molecule has 166 valence electrons. The van der Waals surface area contributed by atoms with Gasteiger partial charge in [0.15, 0.2) is 5.71 Å². The molecule has 3 aliphatic rings. The highest BCUT2D eigenvalue weighted by atomic mass is 19.1. The van der Waals surface area contributed by atoms with Gasteiger partial charge in [0.05, 0.1) is 5.69 Å². The fourth-order valence-corrected chi connectivity index (χ4v) is 4.13. The number of hydrogen-bond donors (Lipinski definition) is 0. The largest absolute Gasteiger partial charge is 0.366 e. The highest BCUT2D eigenvalue weighted by Gasteiger charge is 2.39. The van der Waals surface area contributed by atoms with Gasteiger partial charge in [0.1, 0.15) is 18.1 Å². The number of halogens is 1. The van der Waals surface area contributed by atoms with Crippen LogP contribution in [0.4, 0.5) is 14.9 Å². The standard InChI is InChI=1S/C24H20FN5O3/c25-18-8-4-5-9-19(18)28-10-12-29(13-11-28)20(31)15-30-23(32)22-21(27-24(30)33)17(14-26-22)16-6-2-1-3-7-16/h1-9,14H,10-13,15H2. The van der Waals surface area contributed by atoms with E-state index < -0.39 is 18.5 Å². The maximum absolute atomic E-state index is 14.0. The third-order valence-corrected chi connectivity index (χ3v) is 5.89. The SMILES string of the molecule is O=C(CN1C(=O)N=C2C(c3ccccc3)=CN=C2C1=O)N1CCN(c2ccccc2F)CC1. The minimum absolute atomic E-state index is 0.0608. The first-order valence-electron chi connectivity index (χ1n) is 10.6. The number of para-hydroxylation sites is 1. The summed E-state index contributed by atoms with van der Waals surface area (Å²) >= 11 is 0. The number of carbonyl (C=O) groups is 3. The number of fused-ring (bicyclic) bond motifs is 1. The van der Waals surface area contributed by atoms with E-state index in [0.29, 0.717) is 37.4 Å². The van der Waals surface area contributed by atoms with E-state index in [9.17, 15) is 18.8 Å². The molecule has 0 bridgehead atoms. The van der Waals surface area contributed by atoms with Crippen LogP contribution in [-0.2, 0) is 9.59 Å². The Morgan fingerprint density at radius 1 is 0.909 bits per heavy atom. The summed E-state index contributed by atoms with van der Waals surface area (Å²) in [7, 11) is 0. The molecule has 0 radical (unpaired) electrons. The number of imide groups is 1. The number of amides is 4. The van der Waals surface area contributed by atoms with Gasteiger partial charge < -0.3 is 9.80 Å². The van der Waals surface area contributed by atoms with Crippen molar-refractivity contribution >= 4 is 40.5 Å². The summed E-state index contributed by atoms with van der Waals surface area (Å²) in [5.74, 6) is -1.31. The summed E-state index contributed by atoms with van der Waals surface area (Å²) in [6, 6.07) is 15.0. The molecule has 9 heteroatoms. The Morgan fingerprint density at radius 2 is 1.61 bits per heavy atom. The fourth-order valence-electron chi connectivity index (χ4n) is 4.13. The first-order chi connectivity index (χ1) is 16.0. The summed E-state index contributed by atoms with van der Waals surface area (Å²) in [4.78, 5) is 50.9. The molecule has 2 aromatic rings. The van der Waals surface area contributed by atoms with Crippen molar-refractivity contribution in [1.82, 2.24) is 9.80 Å². The maximum Gasteiger partial charge on any atom is 0.351 e. The van der Waals surface area contributed by atoms with Gasteiger partial charge in [-0.1, -0.05) is 42.5 Å². The van der Waals surface area contributed by atoms with Gasteiger partial charge in [-0.15, -0.1) is 0 Å². The summed E-state index contributed by atoms with van der Waals surface area (Å²) in [6.07, 6.45) is 1.52. The van der Waals surface area contributed by atoms with Crippen LogP contribution in [0.1, 0.15) is 5.56 Å². The van der Waals surface area contributed by atoms with Gasteiger partial charge in [0, 0.05) is 38.0 Å². The number of piperazine rings is 1. The number of carbonyl (C=O) groups excluding carboxylic acids is 3. The molecule has 2 aromatic carbocycles. The van der Waals surface area contributed by atoms with Gasteiger partial charge in [-0.25, -0.2) is 19.1 Å². The third-order valence-electron chi connectivity index (χ3n) is 5.89. The Labute approximate surface area is 189 Å². The molecule has 1 fully saturated rings. The molecule has 0 spiro atoms. The van der Waals surface area contributed by atoms with Crippen LogP contribution < -0.4 is 4.90 Å². The van der Waals surface area contributed by atoms with Crippen LogP contribution in [0, 0.1) is 5.82 Å². The number of allylic oxidation sites excluding steroid dienone is 1. The van der Waals surface area contributed by atoms with E-state index in [-0.39, 0.29) is 23.1 Å². The number of anilines is 1. The van der Waals surface area contributed by atoms with Crippen molar-refractivity contribution in [3.05, 3.63) is 72.2 Å². The number of benzene rings is 2. The minimum Gasteiger partial charge on any atom is -0.366 e. The first-order valence-corrected chi connectivity index (χ1v) is 10.6. The molecule has 8 nitrogen and oxygen atoms in total. The molecule has 0 unspecified atom stereocenters. The number of hydrogen-bond acceptors (Lipinski definition) is 5. The van der Waals surface area contributed by atoms with Crippen LogP contribution in [0.3, 0.4) is 0 Å². The van der Waals surface area contributed by atoms with Crippen molar-refractivity contribution in [2.75, 3.05) is 37.6 Å². The van der Waals surface area contributed by atoms with Gasteiger partial charge in [-0.2, -0.15) is 4.99 Å². The van der Waals surface area contributed by atoms with Gasteiger partial charge in [-0.3, -0.25) is 9.59 Å². The van der Waals surface area contributed by atoms with Gasteiger partial charge in [0.2, 0.25) is 5.91 Å². The number of urea groups is 1. The van der Waals surface area contributed by atoms with Crippen LogP contribution >= 0.6 is 0 Å². The number of rotatable bonds is 4. The topological polar surface area (TPSA) is 85.6 Å². The zero-order chi connectivity index (χ0) is 22.9. The molecule has 4 amide bonds. The average Bonchev–Trinajstić information content (AvgIpc) is 3.26. The Balaban J connectivity index is 1.25. The summed E-state index contributed by atoms with van der Waals surface area (Å²) in [6.45, 7) is 1.22. The lowest BCUT2D eigenvalue weighted by atomic mass is 9.99. The fraction of sp³-hybridized carbons (Fsp3) is 0.208. The summed E-state index contributed by atoms with van der Waals surface area (Å²) in [5.41, 5.74) is 2.19. The molecule has 0 atom stereocenters. The van der Waals surface area contributed by atoms with E-state index in [1.54, 1.807) is 23.1 Å². The molecular formula is C24H20FN5O3. The maximum atomic E-state index is 14.0. The molecule has 0 saturated carbocycles. The van der Waals surface area contributed by atoms with Crippen molar-refractivity contribution in [3.8, 4) is 0 Å². The number of nitrogens with zero attached hydrogens (tertiary/aromatic N) is 5. The predicted octanol–water partition coefficient (Wildman–Crippen LogP) is 2.37. The quantitative estimate of drug-likeness (QED) is 0.723. The van der Waals surface area contributed by atoms with Gasteiger partial charge in [0.25, 0.3) is 5.91 Å². The van der Waals surface area contributed by atoms with E-state index in [0.717, 1.165) is 10.5 Å². The first kappa shape index (κ1) is 20.7. The molecule has 3 aliphatic heterocycles. The molecule has 33 heavy (non-hydrogen) atoms. The normalized spacial score (nSPS) is 18.1. The van der Waals surface area contributed by atoms with E-state index >= 15 is 0 Å². The Bertz CT molecular complexity index is 1230. The van der Waals surface area contributed by atoms with Crippen LogP contribution in [-0.4, -0.2) is 71.8 Å². The second kappa shape index (κ2) is 8.42. The van der Waals surface area contributed by atoms with E-state index in [1.165, 1.54) is 12.3 Å². The lowest BCUT2D eigenvalue weighted by Gasteiger charge is -2.37. The highest BCUT2D eigenvalue weighted by Crippen LogP contribution is 2.26. The Morgan fingerprint density at radius 3 is 2.33 bits per heavy atom. The zero-order valence-corrected chi connectivity index (χ0v) is 17.6. The highest BCUT2D eigenvalue weighted by molar-refractivity contribution is 6.78. The van der Waals surface area contributed by atoms with Crippen molar-refractivity contribution in [3.63, 3.8) is 0 Å².